The van der Waals surface area contributed by atoms with E-state index in [1.807, 2.05) is 0 Å². The van der Waals surface area contributed by atoms with Gasteiger partial charge in [0.15, 0.2) is 0 Å². The van der Waals surface area contributed by atoms with Crippen molar-refractivity contribution in [2.75, 3.05) is 18.6 Å². The first kappa shape index (κ1) is 15.0. The summed E-state index contributed by atoms with van der Waals surface area (Å²) < 4.78 is 36.4. The minimum Gasteiger partial charge on any atom is -0.329 e. The number of nitrogens with one attached hydrogen (secondary N) is 1. The highest BCUT2D eigenvalue weighted by molar-refractivity contribution is 7.90. The normalized spacial score (nSPS) is 18.4. The molecule has 0 spiro atoms. The zero-order valence-electron chi connectivity index (χ0n) is 9.39. The van der Waals surface area contributed by atoms with Crippen molar-refractivity contribution in [3.63, 3.8) is 0 Å². The van der Waals surface area contributed by atoms with Gasteiger partial charge in [0.25, 0.3) is 0 Å². The third-order valence-corrected chi connectivity index (χ3v) is 4.86. The summed E-state index contributed by atoms with van der Waals surface area (Å²) in [5.41, 5.74) is 5.29. The molecule has 0 aromatic rings. The summed E-state index contributed by atoms with van der Waals surface area (Å²) in [7, 11) is -4.22. The van der Waals surface area contributed by atoms with Crippen LogP contribution in [0.15, 0.2) is 0 Å². The zero-order chi connectivity index (χ0) is 12.1. The van der Waals surface area contributed by atoms with Gasteiger partial charge in [-0.3, -0.25) is 4.21 Å². The number of hydrogen-bond acceptors (Lipinski definition) is 4. The van der Waals surface area contributed by atoms with E-state index >= 15 is 0 Å². The Morgan fingerprint density at radius 2 is 1.93 bits per heavy atom. The summed E-state index contributed by atoms with van der Waals surface area (Å²) in [5.74, 6) is 0.501. The highest BCUT2D eigenvalue weighted by atomic mass is 32.2. The molecular weight excluding hydrogens is 236 g/mol. The Hall–Kier alpha value is 0.0200. The minimum absolute atomic E-state index is 0.0990. The first-order valence-corrected chi connectivity index (χ1v) is 8.08. The number of sulfonamides is 1. The molecule has 0 heterocycles. The molecule has 0 aliphatic heterocycles. The molecule has 15 heavy (non-hydrogen) atoms. The van der Waals surface area contributed by atoms with Crippen LogP contribution in [-0.2, 0) is 20.8 Å². The molecule has 0 saturated carbocycles. The fourth-order valence-electron chi connectivity index (χ4n) is 0.925. The SMILES string of the molecule is CC(CCS(C)=O)NS(=O)(=O)C(C)CN. The van der Waals surface area contributed by atoms with Gasteiger partial charge in [-0.25, -0.2) is 13.1 Å². The summed E-state index contributed by atoms with van der Waals surface area (Å²) in [6.07, 6.45) is 2.17. The second-order valence-corrected chi connectivity index (χ2v) is 7.36. The maximum Gasteiger partial charge on any atom is 0.215 e. The zero-order valence-corrected chi connectivity index (χ0v) is 11.0. The predicted octanol–water partition coefficient (Wildman–Crippen LogP) is -0.590. The van der Waals surface area contributed by atoms with Gasteiger partial charge in [-0.15, -0.1) is 0 Å². The van der Waals surface area contributed by atoms with E-state index in [4.69, 9.17) is 5.73 Å². The molecule has 5 nitrogen and oxygen atoms in total. The fraction of sp³-hybridized carbons (Fsp3) is 1.00. The molecule has 0 aromatic heterocycles. The lowest BCUT2D eigenvalue weighted by Crippen LogP contribution is -2.41. The van der Waals surface area contributed by atoms with Crippen LogP contribution < -0.4 is 10.5 Å². The molecule has 3 N–H and O–H groups in total. The van der Waals surface area contributed by atoms with E-state index in [0.29, 0.717) is 12.2 Å². The van der Waals surface area contributed by atoms with Gasteiger partial charge in [-0.1, -0.05) is 0 Å². The Morgan fingerprint density at radius 3 is 2.33 bits per heavy atom. The standard InChI is InChI=1S/C8H20N2O3S2/c1-7(4-5-14(3)11)10-15(12,13)8(2)6-9/h7-8,10H,4-6,9H2,1-3H3. The van der Waals surface area contributed by atoms with Crippen LogP contribution in [0.3, 0.4) is 0 Å². The molecule has 0 amide bonds. The molecule has 3 unspecified atom stereocenters. The van der Waals surface area contributed by atoms with Crippen molar-refractivity contribution in [1.82, 2.24) is 4.72 Å². The maximum absolute atomic E-state index is 11.5. The molecule has 7 heteroatoms. The number of rotatable bonds is 7. The van der Waals surface area contributed by atoms with Gasteiger partial charge in [-0.2, -0.15) is 0 Å². The Bertz CT molecular complexity index is 303. The molecule has 92 valence electrons. The van der Waals surface area contributed by atoms with Crippen LogP contribution in [0.25, 0.3) is 0 Å². The summed E-state index contributed by atoms with van der Waals surface area (Å²) in [6, 6.07) is -0.201. The van der Waals surface area contributed by atoms with Gasteiger partial charge in [0, 0.05) is 35.4 Å². The van der Waals surface area contributed by atoms with Crippen LogP contribution in [0.1, 0.15) is 20.3 Å². The van der Waals surface area contributed by atoms with Crippen molar-refractivity contribution in [2.45, 2.75) is 31.6 Å². The molecule has 0 rings (SSSR count). The minimum atomic E-state index is -3.33. The Morgan fingerprint density at radius 1 is 1.40 bits per heavy atom. The topological polar surface area (TPSA) is 89.3 Å². The van der Waals surface area contributed by atoms with E-state index in [9.17, 15) is 12.6 Å². The Labute approximate surface area is 94.3 Å². The monoisotopic (exact) mass is 256 g/mol. The highest BCUT2D eigenvalue weighted by Gasteiger charge is 2.21. The van der Waals surface area contributed by atoms with Gasteiger partial charge < -0.3 is 5.73 Å². The third kappa shape index (κ3) is 6.24. The Balaban J connectivity index is 4.16. The second kappa shape index (κ2) is 6.57. The molecular formula is C8H20N2O3S2. The van der Waals surface area contributed by atoms with Gasteiger partial charge in [0.05, 0.1) is 5.25 Å². The Kier molecular flexibility index (Phi) is 6.58. The summed E-state index contributed by atoms with van der Waals surface area (Å²) in [6.45, 7) is 3.42. The molecule has 3 atom stereocenters. The molecule has 0 bridgehead atoms. The predicted molar refractivity (Wildman–Crippen MR) is 63.6 cm³/mol. The van der Waals surface area contributed by atoms with Gasteiger partial charge in [-0.05, 0) is 20.3 Å². The largest absolute Gasteiger partial charge is 0.329 e. The summed E-state index contributed by atoms with van der Waals surface area (Å²) in [5, 5.41) is -0.591. The average Bonchev–Trinajstić information content (AvgIpc) is 2.12. The lowest BCUT2D eigenvalue weighted by Gasteiger charge is -2.16. The summed E-state index contributed by atoms with van der Waals surface area (Å²) in [4.78, 5) is 0. The van der Waals surface area contributed by atoms with E-state index in [-0.39, 0.29) is 12.6 Å². The average molecular weight is 256 g/mol. The fourth-order valence-corrected chi connectivity index (χ4v) is 2.77. The van der Waals surface area contributed by atoms with Crippen molar-refractivity contribution in [3.8, 4) is 0 Å². The van der Waals surface area contributed by atoms with Crippen molar-refractivity contribution < 1.29 is 12.6 Å². The quantitative estimate of drug-likeness (QED) is 0.637. The highest BCUT2D eigenvalue weighted by Crippen LogP contribution is 2.01. The first-order valence-electron chi connectivity index (χ1n) is 4.80. The van der Waals surface area contributed by atoms with Gasteiger partial charge >= 0.3 is 0 Å². The molecule has 0 saturated heterocycles. The van der Waals surface area contributed by atoms with Crippen LogP contribution in [0.2, 0.25) is 0 Å². The van der Waals surface area contributed by atoms with Crippen LogP contribution in [0.4, 0.5) is 0 Å². The van der Waals surface area contributed by atoms with E-state index in [1.54, 1.807) is 20.1 Å². The summed E-state index contributed by atoms with van der Waals surface area (Å²) >= 11 is 0. The van der Waals surface area contributed by atoms with Gasteiger partial charge in [0.2, 0.25) is 10.0 Å². The van der Waals surface area contributed by atoms with Crippen molar-refractivity contribution >= 4 is 20.8 Å². The van der Waals surface area contributed by atoms with E-state index in [1.165, 1.54) is 0 Å². The van der Waals surface area contributed by atoms with Crippen molar-refractivity contribution in [1.29, 1.82) is 0 Å². The number of nitrogens with two attached hydrogens (primary N) is 1. The van der Waals surface area contributed by atoms with Crippen molar-refractivity contribution in [2.24, 2.45) is 5.73 Å². The molecule has 0 radical (unpaired) electrons. The van der Waals surface area contributed by atoms with Crippen LogP contribution >= 0.6 is 0 Å². The van der Waals surface area contributed by atoms with Gasteiger partial charge in [0.1, 0.15) is 0 Å². The third-order valence-electron chi connectivity index (χ3n) is 2.07. The number of hydrogen-bond donors (Lipinski definition) is 2. The van der Waals surface area contributed by atoms with Crippen LogP contribution in [0, 0.1) is 0 Å². The smallest absolute Gasteiger partial charge is 0.215 e. The maximum atomic E-state index is 11.5. The van der Waals surface area contributed by atoms with E-state index < -0.39 is 26.1 Å². The van der Waals surface area contributed by atoms with Crippen LogP contribution in [-0.4, -0.2) is 42.5 Å². The molecule has 0 aromatic carbocycles. The lowest BCUT2D eigenvalue weighted by molar-refractivity contribution is 0.545. The molecule has 0 fully saturated rings. The second-order valence-electron chi connectivity index (χ2n) is 3.68. The van der Waals surface area contributed by atoms with E-state index in [0.717, 1.165) is 0 Å². The van der Waals surface area contributed by atoms with Crippen LogP contribution in [0.5, 0.6) is 0 Å². The van der Waals surface area contributed by atoms with Crippen molar-refractivity contribution in [3.05, 3.63) is 0 Å². The lowest BCUT2D eigenvalue weighted by atomic mass is 10.3. The molecule has 0 aliphatic rings. The first-order chi connectivity index (χ1) is 6.79. The molecule has 0 aliphatic carbocycles. The van der Waals surface area contributed by atoms with E-state index in [2.05, 4.69) is 4.72 Å².